The number of hydrogen-bond donors (Lipinski definition) is 3. The van der Waals surface area contributed by atoms with Crippen LogP contribution in [0.3, 0.4) is 0 Å². The maximum absolute atomic E-state index is 15.2. The summed E-state index contributed by atoms with van der Waals surface area (Å²) in [5.41, 5.74) is -1.58. The highest BCUT2D eigenvalue weighted by Crippen LogP contribution is 2.54. The lowest BCUT2D eigenvalue weighted by Gasteiger charge is -2.40. The van der Waals surface area contributed by atoms with Crippen LogP contribution < -0.4 is 19.5 Å². The van der Waals surface area contributed by atoms with Gasteiger partial charge in [0.25, 0.3) is 5.91 Å². The molecule has 14 nitrogen and oxygen atoms in total. The summed E-state index contributed by atoms with van der Waals surface area (Å²) in [5, 5.41) is 14.5. The summed E-state index contributed by atoms with van der Waals surface area (Å²) in [5.74, 6) is -2.22. The highest BCUT2D eigenvalue weighted by Gasteiger charge is 2.63. The molecule has 2 aromatic rings. The van der Waals surface area contributed by atoms with Gasteiger partial charge in [0.05, 0.1) is 23.8 Å². The molecule has 3 heterocycles. The lowest BCUT2D eigenvalue weighted by Crippen LogP contribution is -2.61. The molecule has 10 atom stereocenters. The van der Waals surface area contributed by atoms with Crippen LogP contribution in [0, 0.1) is 35.4 Å². The lowest BCUT2D eigenvalue weighted by atomic mass is 9.86. The van der Waals surface area contributed by atoms with Gasteiger partial charge in [-0.3, -0.25) is 24.0 Å². The summed E-state index contributed by atoms with van der Waals surface area (Å²) in [6, 6.07) is 1.50. The third-order valence-electron chi connectivity index (χ3n) is 13.6. The summed E-state index contributed by atoms with van der Waals surface area (Å²) >= 11 is 0. The third kappa shape index (κ3) is 7.31. The Hall–Kier alpha value is -4.47. The van der Waals surface area contributed by atoms with Crippen molar-refractivity contribution in [1.29, 1.82) is 0 Å². The van der Waals surface area contributed by atoms with E-state index in [-0.39, 0.29) is 43.0 Å². The van der Waals surface area contributed by atoms with Crippen LogP contribution in [0.2, 0.25) is 0 Å². The minimum absolute atomic E-state index is 0.0593. The van der Waals surface area contributed by atoms with Crippen molar-refractivity contribution in [3.05, 3.63) is 42.4 Å². The molecule has 0 bridgehead atoms. The SMILES string of the molecule is COc1cc(F)cc2c(O[C@@H]3C[C@H]4C(=O)N[C@]5(C(=O)NS(=O)(=O)C6(C)CC6)C[C@H]5/C=C\CC[C@H](C)C[C@@H](C)[C@H](N(C(=O)O)C5CC6C[C@H]6C5)C(=O)N4C3)nccc12. The Morgan fingerprint density at radius 2 is 1.82 bits per heavy atom. The van der Waals surface area contributed by atoms with Crippen LogP contribution in [-0.4, -0.2) is 100 Å². The maximum atomic E-state index is 15.2. The van der Waals surface area contributed by atoms with Crippen LogP contribution in [0.1, 0.15) is 85.0 Å². The van der Waals surface area contributed by atoms with Gasteiger partial charge in [0.15, 0.2) is 0 Å². The van der Waals surface area contributed by atoms with Crippen molar-refractivity contribution in [1.82, 2.24) is 24.8 Å². The average molecular weight is 810 g/mol. The largest absolute Gasteiger partial charge is 0.496 e. The van der Waals surface area contributed by atoms with Crippen molar-refractivity contribution in [2.24, 2.45) is 29.6 Å². The van der Waals surface area contributed by atoms with Crippen LogP contribution in [0.4, 0.5) is 9.18 Å². The molecule has 3 N–H and O–H groups in total. The number of amides is 4. The number of nitrogens with zero attached hydrogens (tertiary/aromatic N) is 3. The Morgan fingerprint density at radius 1 is 1.09 bits per heavy atom. The van der Waals surface area contributed by atoms with E-state index < -0.39 is 80.0 Å². The van der Waals surface area contributed by atoms with E-state index in [1.165, 1.54) is 35.2 Å². The normalized spacial score (nSPS) is 35.0. The topological polar surface area (TPSA) is 185 Å². The van der Waals surface area contributed by atoms with Gasteiger partial charge in [0.1, 0.15) is 35.3 Å². The molecule has 57 heavy (non-hydrogen) atoms. The van der Waals surface area contributed by atoms with E-state index in [9.17, 15) is 32.3 Å². The van der Waals surface area contributed by atoms with Crippen molar-refractivity contribution in [3.8, 4) is 11.6 Å². The number of pyridine rings is 1. The fourth-order valence-electron chi connectivity index (χ4n) is 9.79. The number of carbonyl (C=O) groups is 4. The van der Waals surface area contributed by atoms with E-state index in [1.54, 1.807) is 13.0 Å². The highest BCUT2D eigenvalue weighted by atomic mass is 32.2. The van der Waals surface area contributed by atoms with Gasteiger partial charge in [0, 0.05) is 36.0 Å². The van der Waals surface area contributed by atoms with Gasteiger partial charge in [-0.05, 0) is 101 Å². The molecule has 1 saturated heterocycles. The van der Waals surface area contributed by atoms with E-state index in [1.807, 2.05) is 19.1 Å². The monoisotopic (exact) mass is 809 g/mol. The Labute approximate surface area is 331 Å². The van der Waals surface area contributed by atoms with Crippen LogP contribution in [0.25, 0.3) is 10.8 Å². The molecule has 2 unspecified atom stereocenters. The quantitative estimate of drug-likeness (QED) is 0.314. The summed E-state index contributed by atoms with van der Waals surface area (Å²) in [6.07, 6.45) is 8.52. The van der Waals surface area contributed by atoms with E-state index in [2.05, 4.69) is 21.9 Å². The molecule has 6 aliphatic rings. The molecule has 0 spiro atoms. The first-order chi connectivity index (χ1) is 27.0. The smallest absolute Gasteiger partial charge is 0.408 e. The number of carbonyl (C=O) groups excluding carboxylic acids is 3. The zero-order valence-electron chi connectivity index (χ0n) is 32.8. The number of methoxy groups -OCH3 is 1. The predicted octanol–water partition coefficient (Wildman–Crippen LogP) is 4.76. The van der Waals surface area contributed by atoms with Gasteiger partial charge in [-0.1, -0.05) is 26.0 Å². The summed E-state index contributed by atoms with van der Waals surface area (Å²) in [7, 11) is -2.62. The summed E-state index contributed by atoms with van der Waals surface area (Å²) < 4.78 is 54.2. The van der Waals surface area contributed by atoms with Gasteiger partial charge < -0.3 is 24.8 Å². The first-order valence-corrected chi connectivity index (χ1v) is 21.7. The Morgan fingerprint density at radius 3 is 2.51 bits per heavy atom. The molecule has 308 valence electrons. The summed E-state index contributed by atoms with van der Waals surface area (Å²) in [6.45, 7) is 5.42. The highest BCUT2D eigenvalue weighted by molar-refractivity contribution is 7.91. The number of nitrogens with one attached hydrogen (secondary N) is 2. The number of benzene rings is 1. The fraction of sp³-hybridized carbons (Fsp3) is 0.634. The molecule has 2 aliphatic heterocycles. The van der Waals surface area contributed by atoms with Crippen molar-refractivity contribution in [2.45, 2.75) is 119 Å². The van der Waals surface area contributed by atoms with Gasteiger partial charge in [-0.25, -0.2) is 22.6 Å². The molecular weight excluding hydrogens is 758 g/mol. The van der Waals surface area contributed by atoms with Crippen molar-refractivity contribution in [3.63, 3.8) is 0 Å². The number of sulfonamides is 1. The molecule has 0 radical (unpaired) electrons. The second-order valence-corrected chi connectivity index (χ2v) is 20.0. The van der Waals surface area contributed by atoms with E-state index in [0.29, 0.717) is 61.1 Å². The third-order valence-corrected chi connectivity index (χ3v) is 15.8. The van der Waals surface area contributed by atoms with Gasteiger partial charge in [0.2, 0.25) is 27.7 Å². The van der Waals surface area contributed by atoms with Crippen molar-refractivity contribution >= 4 is 44.6 Å². The van der Waals surface area contributed by atoms with Crippen molar-refractivity contribution in [2.75, 3.05) is 13.7 Å². The molecule has 4 amide bonds. The molecule has 8 rings (SSSR count). The Kier molecular flexibility index (Phi) is 9.96. The van der Waals surface area contributed by atoms with E-state index in [0.717, 1.165) is 12.8 Å². The second-order valence-electron chi connectivity index (χ2n) is 17.8. The molecule has 4 saturated carbocycles. The van der Waals surface area contributed by atoms with Gasteiger partial charge in [-0.2, -0.15) is 0 Å². The first kappa shape index (κ1) is 39.4. The summed E-state index contributed by atoms with van der Waals surface area (Å²) in [4.78, 5) is 64.1. The molecule has 1 aromatic carbocycles. The lowest BCUT2D eigenvalue weighted by molar-refractivity contribution is -0.145. The van der Waals surface area contributed by atoms with E-state index >= 15 is 4.79 Å². The number of ether oxygens (including phenoxy) is 2. The molecule has 5 fully saturated rings. The Bertz CT molecular complexity index is 2120. The standard InChI is InChI=1S/C41H52FN5O9S/c1-22-7-5-6-8-26-20-41(26,38(50)45-57(53,54)40(3)10-11-40)44-35(48)32-19-29(56-36-31-17-27(42)18-33(55-4)30(31)9-12-43-36)21-46(32)37(49)34(23(2)13-22)47(39(51)52)28-15-24-14-25(24)16-28/h6,8-9,12,17-18,22-26,28-29,32,34H,5,7,10-11,13-16,19-21H2,1-4H3,(H,44,48)(H,45,50)(H,51,52)/b8-6-/t22-,23+,24-,25?,26+,28?,29+,32-,34-,41+/m0/s1. The molecular formula is C41H52FN5O9S. The average Bonchev–Trinajstić information content (AvgIpc) is 4.11. The van der Waals surface area contributed by atoms with Crippen molar-refractivity contribution < 1.29 is 46.6 Å². The maximum Gasteiger partial charge on any atom is 0.408 e. The minimum atomic E-state index is -4.04. The number of halogens is 1. The van der Waals surface area contributed by atoms with Crippen LogP contribution in [0.5, 0.6) is 11.6 Å². The number of hydrogen-bond acceptors (Lipinski definition) is 9. The van der Waals surface area contributed by atoms with Gasteiger partial charge >= 0.3 is 6.09 Å². The fourth-order valence-corrected chi connectivity index (χ4v) is 11.1. The number of carboxylic acid groups (broad SMARTS) is 1. The van der Waals surface area contributed by atoms with Crippen LogP contribution in [-0.2, 0) is 24.4 Å². The first-order valence-electron chi connectivity index (χ1n) is 20.2. The molecule has 1 aromatic heterocycles. The zero-order valence-corrected chi connectivity index (χ0v) is 33.6. The number of rotatable bonds is 8. The zero-order chi connectivity index (χ0) is 40.6. The Balaban J connectivity index is 1.16. The van der Waals surface area contributed by atoms with Gasteiger partial charge in [-0.15, -0.1) is 0 Å². The number of allylic oxidation sites excluding steroid dienone is 1. The number of aromatic nitrogens is 1. The molecule has 16 heteroatoms. The predicted molar refractivity (Wildman–Crippen MR) is 206 cm³/mol. The number of fused-ring (bicyclic) bond motifs is 4. The van der Waals surface area contributed by atoms with Crippen LogP contribution >= 0.6 is 0 Å². The van der Waals surface area contributed by atoms with Crippen LogP contribution in [0.15, 0.2) is 36.5 Å². The second kappa shape index (κ2) is 14.4. The van der Waals surface area contributed by atoms with E-state index in [4.69, 9.17) is 9.47 Å². The molecule has 4 aliphatic carbocycles. The minimum Gasteiger partial charge on any atom is -0.496 e.